The number of para-hydroxylation sites is 1. The zero-order chi connectivity index (χ0) is 19.4. The summed E-state index contributed by atoms with van der Waals surface area (Å²) in [6.07, 6.45) is 0. The van der Waals surface area contributed by atoms with E-state index in [-0.39, 0.29) is 10.8 Å². The number of carbonyl (C=O) groups excluding carboxylic acids is 1. The van der Waals surface area contributed by atoms with Crippen molar-refractivity contribution in [2.24, 2.45) is 0 Å². The fourth-order valence-corrected chi connectivity index (χ4v) is 4.73. The van der Waals surface area contributed by atoms with Crippen molar-refractivity contribution in [1.82, 2.24) is 4.98 Å². The van der Waals surface area contributed by atoms with Crippen LogP contribution in [0.4, 0.5) is 10.8 Å². The minimum absolute atomic E-state index is 0.134. The largest absolute Gasteiger partial charge is 0.298 e. The summed E-state index contributed by atoms with van der Waals surface area (Å²) in [5.74, 6) is -0.330. The van der Waals surface area contributed by atoms with Crippen LogP contribution in [0.3, 0.4) is 0 Å². The molecular formula is C19H19N3O3S2. The quantitative estimate of drug-likeness (QED) is 0.679. The molecule has 0 unspecified atom stereocenters. The Bertz CT molecular complexity index is 1030. The van der Waals surface area contributed by atoms with Crippen LogP contribution in [0, 0.1) is 6.92 Å². The molecule has 1 heterocycles. The Hall–Kier alpha value is -2.71. The van der Waals surface area contributed by atoms with Gasteiger partial charge in [0, 0.05) is 17.5 Å². The standard InChI is InChI=1S/C19H19N3O3S2/c1-3-22(16-7-5-4-6-8-16)27(24,25)17-11-9-15(10-12-17)18(23)21-19-20-14(2)13-26-19/h4-13H,3H2,1-2H3,(H,20,21,23). The van der Waals surface area contributed by atoms with Crippen molar-refractivity contribution in [3.8, 4) is 0 Å². The van der Waals surface area contributed by atoms with Gasteiger partial charge in [0.25, 0.3) is 15.9 Å². The molecule has 140 valence electrons. The highest BCUT2D eigenvalue weighted by molar-refractivity contribution is 7.92. The number of hydrogen-bond donors (Lipinski definition) is 1. The number of rotatable bonds is 6. The van der Waals surface area contributed by atoms with E-state index >= 15 is 0 Å². The molecule has 3 aromatic rings. The van der Waals surface area contributed by atoms with Crippen molar-refractivity contribution in [3.05, 3.63) is 71.2 Å². The maximum absolute atomic E-state index is 13.0. The van der Waals surface area contributed by atoms with E-state index in [1.807, 2.05) is 18.4 Å². The minimum atomic E-state index is -3.71. The van der Waals surface area contributed by atoms with Crippen LogP contribution in [0.15, 0.2) is 64.9 Å². The van der Waals surface area contributed by atoms with E-state index in [9.17, 15) is 13.2 Å². The third-order valence-corrected chi connectivity index (χ3v) is 6.67. The summed E-state index contributed by atoms with van der Waals surface area (Å²) in [6.45, 7) is 3.93. The number of amides is 1. The maximum Gasteiger partial charge on any atom is 0.264 e. The minimum Gasteiger partial charge on any atom is -0.298 e. The zero-order valence-electron chi connectivity index (χ0n) is 14.9. The van der Waals surface area contributed by atoms with E-state index in [1.165, 1.54) is 39.9 Å². The van der Waals surface area contributed by atoms with Gasteiger partial charge in [0.15, 0.2) is 5.13 Å². The van der Waals surface area contributed by atoms with Crippen molar-refractivity contribution >= 4 is 38.1 Å². The van der Waals surface area contributed by atoms with Crippen LogP contribution in [0.2, 0.25) is 0 Å². The van der Waals surface area contributed by atoms with E-state index in [0.29, 0.717) is 22.9 Å². The second-order valence-electron chi connectivity index (χ2n) is 5.78. The van der Waals surface area contributed by atoms with Crippen LogP contribution < -0.4 is 9.62 Å². The van der Waals surface area contributed by atoms with Gasteiger partial charge in [0.1, 0.15) is 0 Å². The Balaban J connectivity index is 1.82. The molecule has 27 heavy (non-hydrogen) atoms. The molecule has 0 aliphatic rings. The first-order chi connectivity index (χ1) is 12.9. The van der Waals surface area contributed by atoms with Gasteiger partial charge < -0.3 is 0 Å². The summed E-state index contributed by atoms with van der Waals surface area (Å²) in [5, 5.41) is 5.06. The van der Waals surface area contributed by atoms with E-state index in [4.69, 9.17) is 0 Å². The van der Waals surface area contributed by atoms with Crippen LogP contribution in [-0.4, -0.2) is 25.9 Å². The van der Waals surface area contributed by atoms with Gasteiger partial charge in [0.2, 0.25) is 0 Å². The van der Waals surface area contributed by atoms with E-state index < -0.39 is 10.0 Å². The molecule has 2 aromatic carbocycles. The van der Waals surface area contributed by atoms with Crippen LogP contribution >= 0.6 is 11.3 Å². The van der Waals surface area contributed by atoms with Crippen LogP contribution in [0.5, 0.6) is 0 Å². The number of thiazole rings is 1. The SMILES string of the molecule is CCN(c1ccccc1)S(=O)(=O)c1ccc(C(=O)Nc2nc(C)cs2)cc1. The number of aryl methyl sites for hydroxylation is 1. The number of hydrogen-bond acceptors (Lipinski definition) is 5. The normalized spacial score (nSPS) is 11.2. The highest BCUT2D eigenvalue weighted by Crippen LogP contribution is 2.24. The molecule has 0 spiro atoms. The lowest BCUT2D eigenvalue weighted by Gasteiger charge is -2.22. The average Bonchev–Trinajstić information content (AvgIpc) is 3.08. The lowest BCUT2D eigenvalue weighted by atomic mass is 10.2. The summed E-state index contributed by atoms with van der Waals surface area (Å²) in [6, 6.07) is 14.8. The summed E-state index contributed by atoms with van der Waals surface area (Å²) in [5.41, 5.74) is 1.79. The van der Waals surface area contributed by atoms with Gasteiger partial charge in [-0.1, -0.05) is 18.2 Å². The second-order valence-corrected chi connectivity index (χ2v) is 8.50. The predicted molar refractivity (Wildman–Crippen MR) is 108 cm³/mol. The number of nitrogens with one attached hydrogen (secondary N) is 1. The number of anilines is 2. The van der Waals surface area contributed by atoms with Crippen LogP contribution in [0.1, 0.15) is 23.0 Å². The predicted octanol–water partition coefficient (Wildman–Crippen LogP) is 3.92. The third kappa shape index (κ3) is 4.17. The molecule has 0 aliphatic carbocycles. The van der Waals surface area contributed by atoms with Gasteiger partial charge in [-0.2, -0.15) is 0 Å². The average molecular weight is 402 g/mol. The first-order valence-corrected chi connectivity index (χ1v) is 10.6. The van der Waals surface area contributed by atoms with Crippen molar-refractivity contribution in [1.29, 1.82) is 0 Å². The van der Waals surface area contributed by atoms with E-state index in [1.54, 1.807) is 31.2 Å². The molecule has 6 nitrogen and oxygen atoms in total. The summed E-state index contributed by atoms with van der Waals surface area (Å²) in [4.78, 5) is 16.6. The van der Waals surface area contributed by atoms with E-state index in [2.05, 4.69) is 10.3 Å². The second kappa shape index (κ2) is 7.89. The molecule has 0 fully saturated rings. The highest BCUT2D eigenvalue weighted by atomic mass is 32.2. The van der Waals surface area contributed by atoms with Crippen molar-refractivity contribution < 1.29 is 13.2 Å². The van der Waals surface area contributed by atoms with Gasteiger partial charge in [-0.25, -0.2) is 13.4 Å². The lowest BCUT2D eigenvalue weighted by Crippen LogP contribution is -2.30. The summed E-state index contributed by atoms with van der Waals surface area (Å²) in [7, 11) is -3.71. The molecule has 0 saturated heterocycles. The van der Waals surface area contributed by atoms with Crippen molar-refractivity contribution in [2.75, 3.05) is 16.2 Å². The molecule has 8 heteroatoms. The van der Waals surface area contributed by atoms with Crippen LogP contribution in [-0.2, 0) is 10.0 Å². The van der Waals surface area contributed by atoms with Gasteiger partial charge in [0.05, 0.1) is 16.3 Å². The Morgan fingerprint density at radius 1 is 1.11 bits per heavy atom. The summed E-state index contributed by atoms with van der Waals surface area (Å²) >= 11 is 1.34. The van der Waals surface area contributed by atoms with Gasteiger partial charge in [-0.15, -0.1) is 11.3 Å². The molecule has 1 aromatic heterocycles. The first kappa shape index (κ1) is 19.1. The molecule has 0 atom stereocenters. The number of nitrogens with zero attached hydrogens (tertiary/aromatic N) is 2. The zero-order valence-corrected chi connectivity index (χ0v) is 16.5. The number of sulfonamides is 1. The fraction of sp³-hybridized carbons (Fsp3) is 0.158. The number of benzene rings is 2. The molecular weight excluding hydrogens is 382 g/mol. The Kier molecular flexibility index (Phi) is 5.57. The first-order valence-electron chi connectivity index (χ1n) is 8.33. The molecule has 0 bridgehead atoms. The Morgan fingerprint density at radius 3 is 2.33 bits per heavy atom. The Morgan fingerprint density at radius 2 is 1.78 bits per heavy atom. The smallest absolute Gasteiger partial charge is 0.264 e. The van der Waals surface area contributed by atoms with Crippen molar-refractivity contribution in [2.45, 2.75) is 18.7 Å². The topological polar surface area (TPSA) is 79.4 Å². The van der Waals surface area contributed by atoms with Gasteiger partial charge >= 0.3 is 0 Å². The fourth-order valence-electron chi connectivity index (χ4n) is 2.57. The summed E-state index contributed by atoms with van der Waals surface area (Å²) < 4.78 is 27.2. The highest BCUT2D eigenvalue weighted by Gasteiger charge is 2.23. The van der Waals surface area contributed by atoms with E-state index in [0.717, 1.165) is 5.69 Å². The van der Waals surface area contributed by atoms with Crippen molar-refractivity contribution in [3.63, 3.8) is 0 Å². The molecule has 1 amide bonds. The molecule has 0 aliphatic heterocycles. The molecule has 3 rings (SSSR count). The molecule has 0 radical (unpaired) electrons. The number of carbonyl (C=O) groups is 1. The third-order valence-electron chi connectivity index (χ3n) is 3.88. The maximum atomic E-state index is 13.0. The van der Waals surface area contributed by atoms with Gasteiger partial charge in [-0.05, 0) is 50.2 Å². The Labute approximate surface area is 162 Å². The monoisotopic (exact) mass is 401 g/mol. The number of aromatic nitrogens is 1. The van der Waals surface area contributed by atoms with Crippen LogP contribution in [0.25, 0.3) is 0 Å². The molecule has 0 saturated carbocycles. The lowest BCUT2D eigenvalue weighted by molar-refractivity contribution is 0.102. The molecule has 1 N–H and O–H groups in total. The van der Waals surface area contributed by atoms with Gasteiger partial charge in [-0.3, -0.25) is 14.4 Å².